The summed E-state index contributed by atoms with van der Waals surface area (Å²) < 4.78 is 9.64. The van der Waals surface area contributed by atoms with Gasteiger partial charge in [-0.1, -0.05) is 19.4 Å². The fraction of sp³-hybridized carbons (Fsp3) is 0.412. The summed E-state index contributed by atoms with van der Waals surface area (Å²) in [5.41, 5.74) is 1.22. The topological polar surface area (TPSA) is 64.6 Å². The monoisotopic (exact) mass is 307 g/mol. The van der Waals surface area contributed by atoms with Gasteiger partial charge in [0.2, 0.25) is 0 Å². The van der Waals surface area contributed by atoms with Crippen molar-refractivity contribution in [2.24, 2.45) is 0 Å². The van der Waals surface area contributed by atoms with Gasteiger partial charge in [0.25, 0.3) is 0 Å². The average molecular weight is 307 g/mol. The molecule has 0 aliphatic rings. The number of allylic oxidation sites excluding steroid dienone is 1. The van der Waals surface area contributed by atoms with Gasteiger partial charge in [0.1, 0.15) is 5.75 Å². The van der Waals surface area contributed by atoms with Gasteiger partial charge >= 0.3 is 5.97 Å². The molecule has 0 fully saturated rings. The smallest absolute Gasteiger partial charge is 0.341 e. The van der Waals surface area contributed by atoms with Crippen molar-refractivity contribution in [3.63, 3.8) is 0 Å². The molecule has 0 radical (unpaired) electrons. The van der Waals surface area contributed by atoms with E-state index < -0.39 is 5.97 Å². The maximum Gasteiger partial charge on any atom is 0.341 e. The van der Waals surface area contributed by atoms with Crippen molar-refractivity contribution in [1.29, 1.82) is 0 Å². The number of carbonyl (C=O) groups excluding carboxylic acids is 2. The molecule has 1 N–H and O–H groups in total. The van der Waals surface area contributed by atoms with E-state index in [9.17, 15) is 9.59 Å². The Morgan fingerprint density at radius 1 is 1.23 bits per heavy atom. The number of aldehydes is 1. The van der Waals surface area contributed by atoms with Gasteiger partial charge in [-0.25, -0.2) is 4.79 Å². The first-order chi connectivity index (χ1) is 10.6. The number of methoxy groups -OCH3 is 1. The minimum absolute atomic E-state index is 0.124. The zero-order valence-electron chi connectivity index (χ0n) is 13.7. The van der Waals surface area contributed by atoms with Gasteiger partial charge < -0.3 is 14.8 Å². The van der Waals surface area contributed by atoms with Crippen LogP contribution >= 0.6 is 0 Å². The van der Waals surface area contributed by atoms with Crippen LogP contribution in [-0.4, -0.2) is 33.0 Å². The van der Waals surface area contributed by atoms with Crippen LogP contribution in [0.3, 0.4) is 0 Å². The lowest BCUT2D eigenvalue weighted by molar-refractivity contribution is -0.139. The number of benzene rings is 1. The van der Waals surface area contributed by atoms with Crippen molar-refractivity contribution in [2.75, 3.05) is 26.1 Å². The molecule has 122 valence electrons. The van der Waals surface area contributed by atoms with E-state index in [0.29, 0.717) is 12.9 Å². The normalized spacial score (nSPS) is 10.1. The van der Waals surface area contributed by atoms with Gasteiger partial charge in [-0.3, -0.25) is 4.79 Å². The van der Waals surface area contributed by atoms with E-state index in [2.05, 4.69) is 10.1 Å². The molecule has 0 amide bonds. The van der Waals surface area contributed by atoms with Gasteiger partial charge in [0.05, 0.1) is 19.3 Å². The van der Waals surface area contributed by atoms with E-state index in [0.717, 1.165) is 24.3 Å². The van der Waals surface area contributed by atoms with Crippen LogP contribution in [0.2, 0.25) is 0 Å². The fourth-order valence-electron chi connectivity index (χ4n) is 1.45. The molecule has 0 saturated carbocycles. The van der Waals surface area contributed by atoms with Gasteiger partial charge in [-0.2, -0.15) is 0 Å². The summed E-state index contributed by atoms with van der Waals surface area (Å²) in [6, 6.07) is 7.79. The first kappa shape index (κ1) is 19.7. The summed E-state index contributed by atoms with van der Waals surface area (Å²) in [7, 11) is 3.55. The molecule has 5 heteroatoms. The average Bonchev–Trinajstić information content (AvgIpc) is 2.56. The molecular formula is C17H25NO4. The summed E-state index contributed by atoms with van der Waals surface area (Å²) in [5.74, 6) is 0.361. The highest BCUT2D eigenvalue weighted by atomic mass is 16.5. The zero-order chi connectivity index (χ0) is 16.8. The van der Waals surface area contributed by atoms with E-state index in [1.807, 2.05) is 38.2 Å². The lowest BCUT2D eigenvalue weighted by Gasteiger charge is -2.00. The second kappa shape index (κ2) is 12.4. The van der Waals surface area contributed by atoms with Crippen LogP contribution < -0.4 is 10.1 Å². The Morgan fingerprint density at radius 3 is 2.27 bits per heavy atom. The first-order valence-corrected chi connectivity index (χ1v) is 7.27. The van der Waals surface area contributed by atoms with E-state index in [1.54, 1.807) is 20.1 Å². The summed E-state index contributed by atoms with van der Waals surface area (Å²) in [6.45, 7) is 3.99. The Kier molecular flexibility index (Phi) is 11.1. The maximum atomic E-state index is 11.0. The highest BCUT2D eigenvalue weighted by Gasteiger charge is 2.07. The predicted octanol–water partition coefficient (Wildman–Crippen LogP) is 3.21. The van der Waals surface area contributed by atoms with E-state index in [-0.39, 0.29) is 5.57 Å². The standard InChI is InChI=1S/C9H14O3.C8H11NO/c1-3-5-6-8(7-10)9(11)12-4-2;1-9-7-3-5-8(10-2)6-4-7/h6-7H,3-5H2,1-2H3;3-6,9H,1-2H3/b8-6-;. The quantitative estimate of drug-likeness (QED) is 0.275. The van der Waals surface area contributed by atoms with Gasteiger partial charge in [-0.15, -0.1) is 0 Å². The number of nitrogens with one attached hydrogen (secondary N) is 1. The molecule has 1 rings (SSSR count). The predicted molar refractivity (Wildman–Crippen MR) is 88.2 cm³/mol. The maximum absolute atomic E-state index is 11.0. The summed E-state index contributed by atoms with van der Waals surface area (Å²) in [6.07, 6.45) is 3.78. The van der Waals surface area contributed by atoms with Crippen molar-refractivity contribution < 1.29 is 19.1 Å². The lowest BCUT2D eigenvalue weighted by Crippen LogP contribution is -2.08. The second-order valence-electron chi connectivity index (χ2n) is 4.26. The van der Waals surface area contributed by atoms with Crippen LogP contribution in [0.1, 0.15) is 26.7 Å². The Hall–Kier alpha value is -2.30. The van der Waals surface area contributed by atoms with Gasteiger partial charge in [-0.05, 0) is 37.6 Å². The van der Waals surface area contributed by atoms with Crippen molar-refractivity contribution >= 4 is 17.9 Å². The van der Waals surface area contributed by atoms with Crippen molar-refractivity contribution in [2.45, 2.75) is 26.7 Å². The number of hydrogen-bond acceptors (Lipinski definition) is 5. The van der Waals surface area contributed by atoms with Crippen LogP contribution in [0.15, 0.2) is 35.9 Å². The summed E-state index contributed by atoms with van der Waals surface area (Å²) in [5, 5.41) is 3.02. The molecule has 0 saturated heterocycles. The number of carbonyl (C=O) groups is 2. The van der Waals surface area contributed by atoms with Crippen LogP contribution in [-0.2, 0) is 14.3 Å². The molecule has 1 aromatic rings. The summed E-state index contributed by atoms with van der Waals surface area (Å²) >= 11 is 0. The van der Waals surface area contributed by atoms with Crippen LogP contribution in [0.5, 0.6) is 5.75 Å². The number of esters is 1. The fourth-order valence-corrected chi connectivity index (χ4v) is 1.45. The van der Waals surface area contributed by atoms with Crippen LogP contribution in [0.25, 0.3) is 0 Å². The van der Waals surface area contributed by atoms with Crippen LogP contribution in [0, 0.1) is 0 Å². The minimum Gasteiger partial charge on any atom is -0.497 e. The number of unbranched alkanes of at least 4 members (excludes halogenated alkanes) is 1. The molecule has 1 aromatic carbocycles. The third-order valence-electron chi connectivity index (χ3n) is 2.67. The molecule has 0 spiro atoms. The van der Waals surface area contributed by atoms with Gasteiger partial charge in [0, 0.05) is 12.7 Å². The minimum atomic E-state index is -0.527. The van der Waals surface area contributed by atoms with E-state index in [1.165, 1.54) is 0 Å². The van der Waals surface area contributed by atoms with Gasteiger partial charge in [0.15, 0.2) is 6.29 Å². The molecular weight excluding hydrogens is 282 g/mol. The lowest BCUT2D eigenvalue weighted by atomic mass is 10.2. The molecule has 0 heterocycles. The Bertz CT molecular complexity index is 443. The molecule has 0 bridgehead atoms. The number of anilines is 1. The number of hydrogen-bond donors (Lipinski definition) is 1. The summed E-state index contributed by atoms with van der Waals surface area (Å²) in [4.78, 5) is 21.3. The highest BCUT2D eigenvalue weighted by Crippen LogP contribution is 2.13. The van der Waals surface area contributed by atoms with E-state index in [4.69, 9.17) is 4.74 Å². The molecule has 0 aliphatic heterocycles. The molecule has 22 heavy (non-hydrogen) atoms. The highest BCUT2D eigenvalue weighted by molar-refractivity contribution is 6.07. The molecule has 0 aliphatic carbocycles. The van der Waals surface area contributed by atoms with Crippen molar-refractivity contribution in [1.82, 2.24) is 0 Å². The largest absolute Gasteiger partial charge is 0.497 e. The third-order valence-corrected chi connectivity index (χ3v) is 2.67. The van der Waals surface area contributed by atoms with Crippen LogP contribution in [0.4, 0.5) is 5.69 Å². The number of rotatable bonds is 7. The van der Waals surface area contributed by atoms with Crippen molar-refractivity contribution in [3.8, 4) is 5.75 Å². The Balaban J connectivity index is 0.000000406. The first-order valence-electron chi connectivity index (χ1n) is 7.27. The van der Waals surface area contributed by atoms with Crippen molar-refractivity contribution in [3.05, 3.63) is 35.9 Å². The zero-order valence-corrected chi connectivity index (χ0v) is 13.7. The molecule has 5 nitrogen and oxygen atoms in total. The number of ether oxygens (including phenoxy) is 2. The second-order valence-corrected chi connectivity index (χ2v) is 4.26. The molecule has 0 aromatic heterocycles. The molecule has 0 atom stereocenters. The third kappa shape index (κ3) is 8.09. The van der Waals surface area contributed by atoms with E-state index >= 15 is 0 Å². The molecule has 0 unspecified atom stereocenters. The SMILES string of the molecule is CCC/C=C(/C=O)C(=O)OCC.CNc1ccc(OC)cc1. The Morgan fingerprint density at radius 2 is 1.86 bits per heavy atom. The Labute approximate surface area is 132 Å².